The number of amides is 1. The van der Waals surface area contributed by atoms with Crippen molar-refractivity contribution in [2.75, 3.05) is 12.4 Å². The van der Waals surface area contributed by atoms with Gasteiger partial charge in [-0.25, -0.2) is 4.68 Å². The van der Waals surface area contributed by atoms with Gasteiger partial charge in [0.15, 0.2) is 0 Å². The van der Waals surface area contributed by atoms with E-state index in [9.17, 15) is 9.59 Å². The number of hydrogen-bond acceptors (Lipinski definition) is 4. The Balaban J connectivity index is 1.88. The Morgan fingerprint density at radius 1 is 1.11 bits per heavy atom. The van der Waals surface area contributed by atoms with Crippen molar-refractivity contribution >= 4 is 34.8 Å². The van der Waals surface area contributed by atoms with Crippen molar-refractivity contribution in [3.63, 3.8) is 0 Å². The Morgan fingerprint density at radius 2 is 1.82 bits per heavy atom. The number of ether oxygens (including phenoxy) is 1. The van der Waals surface area contributed by atoms with Gasteiger partial charge in [-0.15, -0.1) is 0 Å². The van der Waals surface area contributed by atoms with Crippen LogP contribution in [0.3, 0.4) is 0 Å². The molecule has 28 heavy (non-hydrogen) atoms. The number of hydrogen-bond donors (Lipinski definition) is 1. The maximum Gasteiger partial charge on any atom is 0.267 e. The van der Waals surface area contributed by atoms with Crippen LogP contribution in [0.15, 0.2) is 59.4 Å². The van der Waals surface area contributed by atoms with Crippen LogP contribution in [0.2, 0.25) is 10.0 Å². The molecule has 0 saturated carbocycles. The fourth-order valence-corrected chi connectivity index (χ4v) is 2.91. The standard InChI is InChI=1S/C20H17Cl2N3O3/c1-12(20(27)23-17-5-3-4-15(21)19(17)22)25-18(26)11-10-16(24-25)13-6-8-14(28-2)9-7-13/h3-12H,1-2H3,(H,23,27). The highest BCUT2D eigenvalue weighted by Gasteiger charge is 2.19. The van der Waals surface area contributed by atoms with Gasteiger partial charge in [-0.2, -0.15) is 5.10 Å². The fourth-order valence-electron chi connectivity index (χ4n) is 2.57. The zero-order valence-electron chi connectivity index (χ0n) is 15.1. The van der Waals surface area contributed by atoms with Gasteiger partial charge in [0, 0.05) is 11.6 Å². The Morgan fingerprint density at radius 3 is 2.50 bits per heavy atom. The first kappa shape index (κ1) is 19.9. The Hall–Kier alpha value is -2.83. The number of nitrogens with zero attached hydrogens (tertiary/aromatic N) is 2. The van der Waals surface area contributed by atoms with Crippen LogP contribution in [0.1, 0.15) is 13.0 Å². The average Bonchev–Trinajstić information content (AvgIpc) is 2.71. The lowest BCUT2D eigenvalue weighted by Gasteiger charge is -2.16. The molecule has 1 heterocycles. The van der Waals surface area contributed by atoms with Crippen LogP contribution >= 0.6 is 23.2 Å². The maximum atomic E-state index is 12.6. The lowest BCUT2D eigenvalue weighted by atomic mass is 10.1. The van der Waals surface area contributed by atoms with E-state index in [2.05, 4.69) is 10.4 Å². The summed E-state index contributed by atoms with van der Waals surface area (Å²) in [6, 6.07) is 14.3. The topological polar surface area (TPSA) is 73.2 Å². The first-order chi connectivity index (χ1) is 13.4. The summed E-state index contributed by atoms with van der Waals surface area (Å²) in [5.41, 5.74) is 1.32. The van der Waals surface area contributed by atoms with Gasteiger partial charge < -0.3 is 10.1 Å². The minimum Gasteiger partial charge on any atom is -0.497 e. The zero-order valence-corrected chi connectivity index (χ0v) is 16.7. The maximum absolute atomic E-state index is 12.6. The predicted octanol–water partition coefficient (Wildman–Crippen LogP) is 4.43. The number of carbonyl (C=O) groups excluding carboxylic acids is 1. The van der Waals surface area contributed by atoms with Crippen LogP contribution in [0.5, 0.6) is 5.75 Å². The lowest BCUT2D eigenvalue weighted by molar-refractivity contribution is -0.119. The zero-order chi connectivity index (χ0) is 20.3. The van der Waals surface area contributed by atoms with E-state index in [1.807, 2.05) is 12.1 Å². The third-order valence-electron chi connectivity index (χ3n) is 4.17. The monoisotopic (exact) mass is 417 g/mol. The molecule has 1 unspecified atom stereocenters. The summed E-state index contributed by atoms with van der Waals surface area (Å²) >= 11 is 12.1. The molecule has 8 heteroatoms. The average molecular weight is 418 g/mol. The number of aromatic nitrogens is 2. The molecule has 3 aromatic rings. The molecule has 1 atom stereocenters. The molecule has 0 saturated heterocycles. The minimum atomic E-state index is -0.860. The molecule has 0 spiro atoms. The molecule has 0 radical (unpaired) electrons. The molecule has 1 N–H and O–H groups in total. The molecule has 0 aliphatic carbocycles. The van der Waals surface area contributed by atoms with E-state index in [1.165, 1.54) is 6.07 Å². The van der Waals surface area contributed by atoms with Gasteiger partial charge in [0.2, 0.25) is 5.91 Å². The molecule has 0 aliphatic rings. The summed E-state index contributed by atoms with van der Waals surface area (Å²) in [7, 11) is 1.58. The summed E-state index contributed by atoms with van der Waals surface area (Å²) in [5, 5.41) is 7.58. The van der Waals surface area contributed by atoms with E-state index in [1.54, 1.807) is 50.4 Å². The smallest absolute Gasteiger partial charge is 0.267 e. The molecule has 1 amide bonds. The molecule has 0 bridgehead atoms. The molecular weight excluding hydrogens is 401 g/mol. The number of benzene rings is 2. The van der Waals surface area contributed by atoms with Crippen molar-refractivity contribution in [3.8, 4) is 17.0 Å². The molecule has 1 aromatic heterocycles. The van der Waals surface area contributed by atoms with Gasteiger partial charge >= 0.3 is 0 Å². The van der Waals surface area contributed by atoms with Crippen molar-refractivity contribution in [2.45, 2.75) is 13.0 Å². The molecule has 3 rings (SSSR count). The second kappa shape index (κ2) is 8.46. The van der Waals surface area contributed by atoms with Crippen LogP contribution in [-0.2, 0) is 4.79 Å². The van der Waals surface area contributed by atoms with Crippen molar-refractivity contribution in [1.82, 2.24) is 9.78 Å². The Labute approximate surface area is 171 Å². The summed E-state index contributed by atoms with van der Waals surface area (Å²) in [5.74, 6) is 0.272. The highest BCUT2D eigenvalue weighted by atomic mass is 35.5. The SMILES string of the molecule is COc1ccc(-c2ccc(=O)n(C(C)C(=O)Nc3cccc(Cl)c3Cl)n2)cc1. The normalized spacial score (nSPS) is 11.7. The fraction of sp³-hybridized carbons (Fsp3) is 0.150. The van der Waals surface area contributed by atoms with E-state index in [4.69, 9.17) is 27.9 Å². The van der Waals surface area contributed by atoms with Crippen LogP contribution in [0.25, 0.3) is 11.3 Å². The summed E-state index contributed by atoms with van der Waals surface area (Å²) in [6.45, 7) is 1.58. The first-order valence-electron chi connectivity index (χ1n) is 8.40. The summed E-state index contributed by atoms with van der Waals surface area (Å²) < 4.78 is 6.28. The first-order valence-corrected chi connectivity index (χ1v) is 9.15. The second-order valence-corrected chi connectivity index (χ2v) is 6.78. The molecule has 6 nitrogen and oxygen atoms in total. The van der Waals surface area contributed by atoms with Gasteiger partial charge in [0.25, 0.3) is 5.56 Å². The van der Waals surface area contributed by atoms with E-state index in [-0.39, 0.29) is 5.02 Å². The summed E-state index contributed by atoms with van der Waals surface area (Å²) in [6.07, 6.45) is 0. The van der Waals surface area contributed by atoms with E-state index < -0.39 is 17.5 Å². The Kier molecular flexibility index (Phi) is 6.02. The second-order valence-electron chi connectivity index (χ2n) is 6.00. The van der Waals surface area contributed by atoms with Crippen LogP contribution in [-0.4, -0.2) is 22.8 Å². The number of methoxy groups -OCH3 is 1. The molecule has 0 fully saturated rings. The van der Waals surface area contributed by atoms with Gasteiger partial charge in [-0.05, 0) is 49.4 Å². The van der Waals surface area contributed by atoms with Crippen molar-refractivity contribution < 1.29 is 9.53 Å². The van der Waals surface area contributed by atoms with Crippen LogP contribution in [0, 0.1) is 0 Å². The number of anilines is 1. The van der Waals surface area contributed by atoms with Gasteiger partial charge in [0.05, 0.1) is 28.5 Å². The minimum absolute atomic E-state index is 0.233. The Bertz CT molecular complexity index is 1070. The van der Waals surface area contributed by atoms with Gasteiger partial charge in [-0.3, -0.25) is 9.59 Å². The highest BCUT2D eigenvalue weighted by Crippen LogP contribution is 2.30. The lowest BCUT2D eigenvalue weighted by Crippen LogP contribution is -2.33. The molecular formula is C20H17Cl2N3O3. The number of halogens is 2. The number of nitrogens with one attached hydrogen (secondary N) is 1. The van der Waals surface area contributed by atoms with E-state index in [0.717, 1.165) is 10.2 Å². The van der Waals surface area contributed by atoms with Crippen LogP contribution in [0.4, 0.5) is 5.69 Å². The van der Waals surface area contributed by atoms with Crippen molar-refractivity contribution in [2.24, 2.45) is 0 Å². The van der Waals surface area contributed by atoms with E-state index >= 15 is 0 Å². The molecule has 2 aromatic carbocycles. The van der Waals surface area contributed by atoms with Crippen molar-refractivity contribution in [3.05, 3.63) is 75.0 Å². The molecule has 144 valence electrons. The molecule has 0 aliphatic heterocycles. The third kappa shape index (κ3) is 4.18. The third-order valence-corrected chi connectivity index (χ3v) is 4.99. The number of carbonyl (C=O) groups is 1. The highest BCUT2D eigenvalue weighted by molar-refractivity contribution is 6.44. The quantitative estimate of drug-likeness (QED) is 0.666. The number of rotatable bonds is 5. The van der Waals surface area contributed by atoms with Crippen LogP contribution < -0.4 is 15.6 Å². The summed E-state index contributed by atoms with van der Waals surface area (Å²) in [4.78, 5) is 24.9. The van der Waals surface area contributed by atoms with Gasteiger partial charge in [-0.1, -0.05) is 29.3 Å². The predicted molar refractivity (Wildman–Crippen MR) is 110 cm³/mol. The van der Waals surface area contributed by atoms with Crippen molar-refractivity contribution in [1.29, 1.82) is 0 Å². The largest absolute Gasteiger partial charge is 0.497 e. The van der Waals surface area contributed by atoms with Gasteiger partial charge in [0.1, 0.15) is 11.8 Å². The van der Waals surface area contributed by atoms with E-state index in [0.29, 0.717) is 22.2 Å².